The summed E-state index contributed by atoms with van der Waals surface area (Å²) in [6, 6.07) is 21.7. The van der Waals surface area contributed by atoms with E-state index in [-0.39, 0.29) is 5.91 Å². The molecule has 4 aromatic rings. The first-order chi connectivity index (χ1) is 17.1. The maximum atomic E-state index is 13.5. The first-order valence-electron chi connectivity index (χ1n) is 11.9. The van der Waals surface area contributed by atoms with Crippen LogP contribution in [0.1, 0.15) is 37.8 Å². The van der Waals surface area contributed by atoms with Crippen molar-refractivity contribution in [1.29, 1.82) is 0 Å². The van der Waals surface area contributed by atoms with Crippen molar-refractivity contribution in [3.63, 3.8) is 0 Å². The van der Waals surface area contributed by atoms with Crippen molar-refractivity contribution >= 4 is 44.4 Å². The van der Waals surface area contributed by atoms with Crippen LogP contribution in [0, 0.1) is 0 Å². The van der Waals surface area contributed by atoms with Gasteiger partial charge in [0.05, 0.1) is 29.6 Å². The van der Waals surface area contributed by atoms with Crippen molar-refractivity contribution in [2.24, 2.45) is 0 Å². The lowest BCUT2D eigenvalue weighted by atomic mass is 10.1. The Hall–Kier alpha value is -3.64. The maximum absolute atomic E-state index is 13.5. The number of carbonyl (C=O) groups is 1. The number of amides is 1. The van der Waals surface area contributed by atoms with Gasteiger partial charge in [-0.3, -0.25) is 9.69 Å². The molecule has 0 fully saturated rings. The fraction of sp³-hybridized carbons (Fsp3) is 0.241. The minimum atomic E-state index is -0.168. The second kappa shape index (κ2) is 11.7. The molecule has 1 heterocycles. The number of nitrogens with zero attached hydrogens (tertiary/aromatic N) is 2. The van der Waals surface area contributed by atoms with Gasteiger partial charge >= 0.3 is 0 Å². The van der Waals surface area contributed by atoms with Crippen LogP contribution in [0.3, 0.4) is 0 Å². The molecule has 0 saturated heterocycles. The Morgan fingerprint density at radius 3 is 2.54 bits per heavy atom. The number of aromatic nitrogens is 1. The fourth-order valence-electron chi connectivity index (χ4n) is 3.78. The van der Waals surface area contributed by atoms with E-state index in [9.17, 15) is 4.79 Å². The van der Waals surface area contributed by atoms with Crippen LogP contribution >= 0.6 is 11.3 Å². The highest BCUT2D eigenvalue weighted by Crippen LogP contribution is 2.34. The molecule has 0 N–H and O–H groups in total. The molecule has 3 aromatic carbocycles. The number of anilines is 2. The standard InChI is InChI=1S/C29H30N2O3S/c1-4-6-9-21-12-16-23(17-13-21)31(29-30-24-10-7-8-11-27(24)35-29)28(32)19-15-22-14-18-25(34-5-2)26(20-22)33-3/h7-8,10-20H,4-6,9H2,1-3H3. The van der Waals surface area contributed by atoms with Gasteiger partial charge in [0.15, 0.2) is 16.6 Å². The highest BCUT2D eigenvalue weighted by molar-refractivity contribution is 7.22. The van der Waals surface area contributed by atoms with Gasteiger partial charge in [-0.25, -0.2) is 4.98 Å². The Labute approximate surface area is 210 Å². The van der Waals surface area contributed by atoms with Crippen molar-refractivity contribution in [2.75, 3.05) is 18.6 Å². The number of unbranched alkanes of at least 4 members (excludes halogenated alkanes) is 1. The van der Waals surface area contributed by atoms with E-state index in [2.05, 4.69) is 19.1 Å². The molecular weight excluding hydrogens is 456 g/mol. The van der Waals surface area contributed by atoms with Gasteiger partial charge in [0.25, 0.3) is 5.91 Å². The number of methoxy groups -OCH3 is 1. The van der Waals surface area contributed by atoms with Crippen molar-refractivity contribution in [1.82, 2.24) is 4.98 Å². The molecule has 0 unspecified atom stereocenters. The van der Waals surface area contributed by atoms with Crippen LogP contribution in [0.4, 0.5) is 10.8 Å². The number of aryl methyl sites for hydroxylation is 1. The van der Waals surface area contributed by atoms with Crippen LogP contribution in [-0.2, 0) is 11.2 Å². The Bertz CT molecular complexity index is 1280. The van der Waals surface area contributed by atoms with E-state index in [1.165, 1.54) is 16.9 Å². The smallest absolute Gasteiger partial charge is 0.257 e. The summed E-state index contributed by atoms with van der Waals surface area (Å²) in [5.41, 5.74) is 3.79. The molecular formula is C29H30N2O3S. The highest BCUT2D eigenvalue weighted by atomic mass is 32.1. The van der Waals surface area contributed by atoms with Gasteiger partial charge in [-0.2, -0.15) is 0 Å². The zero-order chi connectivity index (χ0) is 24.6. The number of hydrogen-bond donors (Lipinski definition) is 0. The Morgan fingerprint density at radius 2 is 1.83 bits per heavy atom. The highest BCUT2D eigenvalue weighted by Gasteiger charge is 2.20. The van der Waals surface area contributed by atoms with Crippen LogP contribution < -0.4 is 14.4 Å². The third kappa shape index (κ3) is 5.89. The fourth-order valence-corrected chi connectivity index (χ4v) is 4.78. The van der Waals surface area contributed by atoms with Gasteiger partial charge in [0.1, 0.15) is 0 Å². The zero-order valence-corrected chi connectivity index (χ0v) is 21.2. The van der Waals surface area contributed by atoms with Crippen molar-refractivity contribution in [3.8, 4) is 11.5 Å². The van der Waals surface area contributed by atoms with Gasteiger partial charge in [0.2, 0.25) is 0 Å². The largest absolute Gasteiger partial charge is 0.493 e. The predicted octanol–water partition coefficient (Wildman–Crippen LogP) is 7.42. The quantitative estimate of drug-likeness (QED) is 0.219. The first-order valence-corrected chi connectivity index (χ1v) is 12.7. The van der Waals surface area contributed by atoms with Gasteiger partial charge in [-0.15, -0.1) is 0 Å². The number of rotatable bonds is 10. The molecule has 1 amide bonds. The molecule has 35 heavy (non-hydrogen) atoms. The van der Waals surface area contributed by atoms with Crippen LogP contribution in [0.25, 0.3) is 16.3 Å². The summed E-state index contributed by atoms with van der Waals surface area (Å²) in [7, 11) is 1.61. The summed E-state index contributed by atoms with van der Waals surface area (Å²) in [6.45, 7) is 4.67. The number of para-hydroxylation sites is 1. The molecule has 1 aromatic heterocycles. The molecule has 180 valence electrons. The molecule has 0 atom stereocenters. The van der Waals surface area contributed by atoms with E-state index in [4.69, 9.17) is 14.5 Å². The first kappa shape index (κ1) is 24.5. The third-order valence-electron chi connectivity index (χ3n) is 5.61. The van der Waals surface area contributed by atoms with Crippen LogP contribution in [0.2, 0.25) is 0 Å². The molecule has 0 bridgehead atoms. The molecule has 0 aliphatic carbocycles. The van der Waals surface area contributed by atoms with Crippen LogP contribution in [0.5, 0.6) is 11.5 Å². The van der Waals surface area contributed by atoms with Crippen LogP contribution in [-0.4, -0.2) is 24.6 Å². The average molecular weight is 487 g/mol. The van der Waals surface area contributed by atoms with E-state index in [0.29, 0.717) is 23.2 Å². The Balaban J connectivity index is 1.66. The van der Waals surface area contributed by atoms with Gasteiger partial charge < -0.3 is 9.47 Å². The average Bonchev–Trinajstić information content (AvgIpc) is 3.31. The summed E-state index contributed by atoms with van der Waals surface area (Å²) in [5, 5.41) is 0.645. The molecule has 0 aliphatic heterocycles. The molecule has 0 saturated carbocycles. The molecule has 0 radical (unpaired) electrons. The zero-order valence-electron chi connectivity index (χ0n) is 20.4. The molecule has 6 heteroatoms. The monoisotopic (exact) mass is 486 g/mol. The van der Waals surface area contributed by atoms with E-state index in [0.717, 1.165) is 40.7 Å². The summed E-state index contributed by atoms with van der Waals surface area (Å²) in [5.74, 6) is 1.14. The number of hydrogen-bond acceptors (Lipinski definition) is 5. The number of carbonyl (C=O) groups excluding carboxylic acids is 1. The molecule has 4 rings (SSSR count). The van der Waals surface area contributed by atoms with Gasteiger partial charge in [-0.05, 0) is 73.4 Å². The minimum Gasteiger partial charge on any atom is -0.493 e. The lowest BCUT2D eigenvalue weighted by molar-refractivity contribution is -0.113. The minimum absolute atomic E-state index is 0.168. The van der Waals surface area contributed by atoms with E-state index in [1.807, 2.05) is 61.5 Å². The SMILES string of the molecule is CCCCc1ccc(N(C(=O)C=Cc2ccc(OCC)c(OC)c2)c2nc3ccccc3s2)cc1. The topological polar surface area (TPSA) is 51.7 Å². The summed E-state index contributed by atoms with van der Waals surface area (Å²) < 4.78 is 12.1. The molecule has 5 nitrogen and oxygen atoms in total. The number of thiazole rings is 1. The van der Waals surface area contributed by atoms with Crippen molar-refractivity contribution in [3.05, 3.63) is 83.9 Å². The maximum Gasteiger partial charge on any atom is 0.257 e. The second-order valence-electron chi connectivity index (χ2n) is 8.08. The Morgan fingerprint density at radius 1 is 1.03 bits per heavy atom. The van der Waals surface area contributed by atoms with Crippen LogP contribution in [0.15, 0.2) is 72.8 Å². The molecule has 0 spiro atoms. The van der Waals surface area contributed by atoms with Crippen molar-refractivity contribution < 1.29 is 14.3 Å². The summed E-state index contributed by atoms with van der Waals surface area (Å²) in [4.78, 5) is 20.0. The van der Waals surface area contributed by atoms with E-state index in [1.54, 1.807) is 24.2 Å². The van der Waals surface area contributed by atoms with E-state index < -0.39 is 0 Å². The van der Waals surface area contributed by atoms with E-state index >= 15 is 0 Å². The number of benzene rings is 3. The molecule has 0 aliphatic rings. The normalized spacial score (nSPS) is 11.2. The second-order valence-corrected chi connectivity index (χ2v) is 9.09. The predicted molar refractivity (Wildman–Crippen MR) is 145 cm³/mol. The summed E-state index contributed by atoms with van der Waals surface area (Å²) >= 11 is 1.51. The number of ether oxygens (including phenoxy) is 2. The summed E-state index contributed by atoms with van der Waals surface area (Å²) in [6.07, 6.45) is 6.70. The lowest BCUT2D eigenvalue weighted by Crippen LogP contribution is -2.23. The Kier molecular flexibility index (Phi) is 8.16. The van der Waals surface area contributed by atoms with Gasteiger partial charge in [0, 0.05) is 6.08 Å². The van der Waals surface area contributed by atoms with Gasteiger partial charge in [-0.1, -0.05) is 55.0 Å². The number of fused-ring (bicyclic) bond motifs is 1. The van der Waals surface area contributed by atoms with Crippen molar-refractivity contribution in [2.45, 2.75) is 33.1 Å². The third-order valence-corrected chi connectivity index (χ3v) is 6.64. The lowest BCUT2D eigenvalue weighted by Gasteiger charge is -2.19.